The van der Waals surface area contributed by atoms with Crippen LogP contribution in [0.3, 0.4) is 0 Å². The summed E-state index contributed by atoms with van der Waals surface area (Å²) in [5.41, 5.74) is 0.679. The number of aromatic nitrogens is 1. The zero-order valence-corrected chi connectivity index (χ0v) is 22.8. The summed E-state index contributed by atoms with van der Waals surface area (Å²) in [6.45, 7) is 7.58. The number of amides is 3. The maximum atomic E-state index is 13.3. The second kappa shape index (κ2) is 15.4. The van der Waals surface area contributed by atoms with E-state index in [2.05, 4.69) is 15.6 Å². The van der Waals surface area contributed by atoms with Gasteiger partial charge in [0, 0.05) is 45.0 Å². The number of rotatable bonds is 12. The van der Waals surface area contributed by atoms with Gasteiger partial charge in [-0.05, 0) is 76.6 Å². The molecular formula is C28H43N5O5. The van der Waals surface area contributed by atoms with Crippen LogP contribution in [0.2, 0.25) is 0 Å². The average molecular weight is 530 g/mol. The van der Waals surface area contributed by atoms with Gasteiger partial charge in [0.25, 0.3) is 5.91 Å². The molecule has 0 saturated carbocycles. The van der Waals surface area contributed by atoms with Gasteiger partial charge in [-0.15, -0.1) is 0 Å². The number of hydrogen-bond donors (Lipinski definition) is 2. The zero-order valence-electron chi connectivity index (χ0n) is 22.8. The number of piperidine rings is 2. The fourth-order valence-electron chi connectivity index (χ4n) is 5.23. The minimum Gasteiger partial charge on any atom is -0.455 e. The number of esters is 1. The van der Waals surface area contributed by atoms with Crippen molar-refractivity contribution in [2.24, 2.45) is 11.8 Å². The largest absolute Gasteiger partial charge is 0.455 e. The minimum absolute atomic E-state index is 0.116. The highest BCUT2D eigenvalue weighted by molar-refractivity contribution is 5.83. The van der Waals surface area contributed by atoms with Crippen molar-refractivity contribution in [3.63, 3.8) is 0 Å². The molecule has 210 valence electrons. The molecule has 38 heavy (non-hydrogen) atoms. The molecule has 3 heterocycles. The van der Waals surface area contributed by atoms with Crippen LogP contribution < -0.4 is 10.6 Å². The maximum absolute atomic E-state index is 13.3. The Morgan fingerprint density at radius 1 is 1.18 bits per heavy atom. The number of pyridine rings is 1. The average Bonchev–Trinajstić information content (AvgIpc) is 2.96. The van der Waals surface area contributed by atoms with Crippen LogP contribution >= 0.6 is 0 Å². The molecule has 10 nitrogen and oxygen atoms in total. The maximum Gasteiger partial charge on any atom is 0.308 e. The molecule has 0 unspecified atom stereocenters. The molecule has 2 saturated heterocycles. The molecule has 2 aliphatic rings. The molecule has 10 heteroatoms. The summed E-state index contributed by atoms with van der Waals surface area (Å²) >= 11 is 0. The minimum atomic E-state index is -0.641. The highest BCUT2D eigenvalue weighted by Crippen LogP contribution is 2.23. The van der Waals surface area contributed by atoms with Crippen LogP contribution in [0.5, 0.6) is 0 Å². The molecule has 2 fully saturated rings. The normalized spacial score (nSPS) is 18.9. The molecule has 0 radical (unpaired) electrons. The molecule has 0 bridgehead atoms. The smallest absolute Gasteiger partial charge is 0.308 e. The van der Waals surface area contributed by atoms with E-state index in [0.717, 1.165) is 38.8 Å². The lowest BCUT2D eigenvalue weighted by Gasteiger charge is -2.33. The van der Waals surface area contributed by atoms with Crippen LogP contribution in [0.25, 0.3) is 0 Å². The van der Waals surface area contributed by atoms with Crippen LogP contribution in [0.15, 0.2) is 24.5 Å². The summed E-state index contributed by atoms with van der Waals surface area (Å²) in [5.74, 6) is -0.652. The number of hydrogen-bond acceptors (Lipinski definition) is 7. The van der Waals surface area contributed by atoms with Crippen molar-refractivity contribution >= 4 is 23.7 Å². The standard InChI is InChI=1S/C28H43N5O5/c1-3-32(4-2)26(35)20-38-27(36)17-24(22-7-5-13-30-18-22)31-28(37)23-8-6-16-33(19-23)25(34)10-9-21-11-14-29-15-12-21/h5,7,13,18,21,23-24,29H,3-4,6,8-12,14-17,19-20H2,1-2H3,(H,31,37)/t23-,24+/m1/s1. The van der Waals surface area contributed by atoms with Gasteiger partial charge in [0.2, 0.25) is 11.8 Å². The zero-order chi connectivity index (χ0) is 27.3. The Hall–Kier alpha value is -3.01. The summed E-state index contributed by atoms with van der Waals surface area (Å²) in [4.78, 5) is 58.5. The van der Waals surface area contributed by atoms with Crippen molar-refractivity contribution in [3.8, 4) is 0 Å². The molecule has 3 amide bonds. The Kier molecular flexibility index (Phi) is 12.0. The third kappa shape index (κ3) is 9.08. The number of nitrogens with zero attached hydrogens (tertiary/aromatic N) is 3. The van der Waals surface area contributed by atoms with Gasteiger partial charge in [-0.3, -0.25) is 24.2 Å². The fraction of sp³-hybridized carbons (Fsp3) is 0.679. The van der Waals surface area contributed by atoms with E-state index in [9.17, 15) is 19.2 Å². The fourth-order valence-corrected chi connectivity index (χ4v) is 5.23. The summed E-state index contributed by atoms with van der Waals surface area (Å²) in [5, 5.41) is 6.34. The van der Waals surface area contributed by atoms with Gasteiger partial charge in [-0.1, -0.05) is 6.07 Å². The van der Waals surface area contributed by atoms with E-state index in [0.29, 0.717) is 50.5 Å². The Labute approximate surface area is 225 Å². The molecule has 2 atom stereocenters. The molecule has 2 N–H and O–H groups in total. The van der Waals surface area contributed by atoms with E-state index in [1.54, 1.807) is 29.4 Å². The quantitative estimate of drug-likeness (QED) is 0.398. The predicted octanol–water partition coefficient (Wildman–Crippen LogP) is 2.06. The first-order valence-electron chi connectivity index (χ1n) is 14.0. The Morgan fingerprint density at radius 3 is 2.63 bits per heavy atom. The highest BCUT2D eigenvalue weighted by Gasteiger charge is 2.31. The molecule has 1 aromatic heterocycles. The topological polar surface area (TPSA) is 121 Å². The van der Waals surface area contributed by atoms with Gasteiger partial charge >= 0.3 is 5.97 Å². The lowest BCUT2D eigenvalue weighted by molar-refractivity contribution is -0.152. The first-order valence-corrected chi connectivity index (χ1v) is 14.0. The number of carbonyl (C=O) groups is 4. The van der Waals surface area contributed by atoms with Gasteiger partial charge in [-0.25, -0.2) is 0 Å². The first-order chi connectivity index (χ1) is 18.4. The van der Waals surface area contributed by atoms with Crippen molar-refractivity contribution in [1.82, 2.24) is 25.4 Å². The number of carbonyl (C=O) groups excluding carboxylic acids is 4. The molecule has 3 rings (SSSR count). The van der Waals surface area contributed by atoms with Crippen molar-refractivity contribution in [1.29, 1.82) is 0 Å². The van der Waals surface area contributed by atoms with Crippen molar-refractivity contribution in [2.45, 2.75) is 64.8 Å². The van der Waals surface area contributed by atoms with Crippen LogP contribution in [0.1, 0.15) is 70.4 Å². The Bertz CT molecular complexity index is 917. The second-order valence-corrected chi connectivity index (χ2v) is 10.2. The summed E-state index contributed by atoms with van der Waals surface area (Å²) in [6, 6.07) is 2.90. The lowest BCUT2D eigenvalue weighted by Crippen LogP contribution is -2.46. The summed E-state index contributed by atoms with van der Waals surface area (Å²) in [7, 11) is 0. The monoisotopic (exact) mass is 529 g/mol. The Balaban J connectivity index is 1.55. The SMILES string of the molecule is CCN(CC)C(=O)COC(=O)C[C@H](NC(=O)[C@@H]1CCCN(C(=O)CCC2CCNCC2)C1)c1cccnc1. The number of likely N-dealkylation sites (N-methyl/N-ethyl adjacent to an activating group) is 1. The van der Waals surface area contributed by atoms with E-state index in [1.807, 2.05) is 18.7 Å². The number of likely N-dealkylation sites (tertiary alicyclic amines) is 1. The summed E-state index contributed by atoms with van der Waals surface area (Å²) in [6.07, 6.45) is 8.21. The number of ether oxygens (including phenoxy) is 1. The van der Waals surface area contributed by atoms with Crippen LogP contribution in [-0.4, -0.2) is 84.4 Å². The molecular weight excluding hydrogens is 486 g/mol. The molecule has 0 aromatic carbocycles. The van der Waals surface area contributed by atoms with Gasteiger partial charge in [0.15, 0.2) is 6.61 Å². The van der Waals surface area contributed by atoms with Crippen LogP contribution in [0, 0.1) is 11.8 Å². The molecule has 0 spiro atoms. The molecule has 2 aliphatic heterocycles. The predicted molar refractivity (Wildman–Crippen MR) is 143 cm³/mol. The third-order valence-electron chi connectivity index (χ3n) is 7.62. The summed E-state index contributed by atoms with van der Waals surface area (Å²) < 4.78 is 5.23. The van der Waals surface area contributed by atoms with E-state index >= 15 is 0 Å². The van der Waals surface area contributed by atoms with Crippen LogP contribution in [0.4, 0.5) is 0 Å². The van der Waals surface area contributed by atoms with Gasteiger partial charge < -0.3 is 25.2 Å². The first kappa shape index (κ1) is 29.5. The van der Waals surface area contributed by atoms with Crippen LogP contribution in [-0.2, 0) is 23.9 Å². The Morgan fingerprint density at radius 2 is 1.95 bits per heavy atom. The second-order valence-electron chi connectivity index (χ2n) is 10.2. The number of nitrogens with one attached hydrogen (secondary N) is 2. The van der Waals surface area contributed by atoms with Crippen molar-refractivity contribution < 1.29 is 23.9 Å². The molecule has 1 aromatic rings. The van der Waals surface area contributed by atoms with Gasteiger partial charge in [-0.2, -0.15) is 0 Å². The van der Waals surface area contributed by atoms with E-state index in [4.69, 9.17) is 4.74 Å². The van der Waals surface area contributed by atoms with E-state index in [1.165, 1.54) is 0 Å². The van der Waals surface area contributed by atoms with E-state index < -0.39 is 12.0 Å². The van der Waals surface area contributed by atoms with Gasteiger partial charge in [0.1, 0.15) is 0 Å². The molecule has 0 aliphatic carbocycles. The van der Waals surface area contributed by atoms with Gasteiger partial charge in [0.05, 0.1) is 18.4 Å². The lowest BCUT2D eigenvalue weighted by atomic mass is 9.92. The van der Waals surface area contributed by atoms with Crippen molar-refractivity contribution in [3.05, 3.63) is 30.1 Å². The van der Waals surface area contributed by atoms with Crippen molar-refractivity contribution in [2.75, 3.05) is 45.9 Å². The third-order valence-corrected chi connectivity index (χ3v) is 7.62. The highest BCUT2D eigenvalue weighted by atomic mass is 16.5. The van der Waals surface area contributed by atoms with E-state index in [-0.39, 0.29) is 36.7 Å².